The third kappa shape index (κ3) is 11.1. The van der Waals surface area contributed by atoms with Crippen LogP contribution in [0.15, 0.2) is 48.5 Å². The second-order valence-corrected chi connectivity index (χ2v) is 8.81. The number of benzene rings is 2. The molecule has 0 aliphatic heterocycles. The molecular weight excluding hydrogens is 444 g/mol. The molecular formula is C29H40O6. The van der Waals surface area contributed by atoms with Crippen LogP contribution in [-0.4, -0.2) is 18.2 Å². The molecule has 6 heteroatoms. The van der Waals surface area contributed by atoms with Gasteiger partial charge in [0.25, 0.3) is 0 Å². The van der Waals surface area contributed by atoms with Crippen molar-refractivity contribution in [1.29, 1.82) is 0 Å². The predicted octanol–water partition coefficient (Wildman–Crippen LogP) is 7.55. The molecule has 2 aromatic carbocycles. The second-order valence-electron chi connectivity index (χ2n) is 8.81. The van der Waals surface area contributed by atoms with Crippen LogP contribution in [0.25, 0.3) is 0 Å². The Morgan fingerprint density at radius 3 is 1.46 bits per heavy atom. The van der Waals surface area contributed by atoms with E-state index in [9.17, 15) is 9.59 Å². The van der Waals surface area contributed by atoms with E-state index >= 15 is 0 Å². The third-order valence-corrected chi connectivity index (χ3v) is 5.71. The van der Waals surface area contributed by atoms with E-state index in [4.69, 9.17) is 19.6 Å². The molecule has 0 atom stereocenters. The van der Waals surface area contributed by atoms with E-state index in [0.717, 1.165) is 56.1 Å². The first-order valence-electron chi connectivity index (χ1n) is 13.0. The highest BCUT2D eigenvalue weighted by molar-refractivity contribution is 5.89. The highest BCUT2D eigenvalue weighted by atomic mass is 17.3. The van der Waals surface area contributed by atoms with Crippen molar-refractivity contribution >= 4 is 11.9 Å². The zero-order chi connectivity index (χ0) is 25.3. The summed E-state index contributed by atoms with van der Waals surface area (Å²) in [7, 11) is 0. The molecule has 0 N–H and O–H groups in total. The molecule has 2 aromatic rings. The third-order valence-electron chi connectivity index (χ3n) is 5.71. The SMILES string of the molecule is CCCCCCCCC(OOC(=O)c1ccc(CCC)cc1)OOC(=O)c1ccc(CCC)cc1. The van der Waals surface area contributed by atoms with E-state index in [1.165, 1.54) is 19.3 Å². The van der Waals surface area contributed by atoms with Gasteiger partial charge in [-0.25, -0.2) is 9.59 Å². The van der Waals surface area contributed by atoms with Crippen LogP contribution in [0.3, 0.4) is 0 Å². The Morgan fingerprint density at radius 2 is 1.03 bits per heavy atom. The Kier molecular flexibility index (Phi) is 13.7. The standard InChI is InChI=1S/C29H40O6/c1-4-7-8-9-10-11-14-27(32-34-28(30)25-19-15-23(12-5-2)16-20-25)33-35-29(31)26-21-17-24(13-6-3)18-22-26/h15-22,27H,4-14H2,1-3H3. The molecule has 2 rings (SSSR count). The molecule has 192 valence electrons. The summed E-state index contributed by atoms with van der Waals surface area (Å²) in [5.74, 6) is -1.25. The normalized spacial score (nSPS) is 11.0. The molecule has 0 radical (unpaired) electrons. The molecule has 0 spiro atoms. The van der Waals surface area contributed by atoms with Crippen LogP contribution >= 0.6 is 0 Å². The van der Waals surface area contributed by atoms with Gasteiger partial charge in [-0.05, 0) is 54.7 Å². The van der Waals surface area contributed by atoms with Crippen LogP contribution in [-0.2, 0) is 32.4 Å². The first-order chi connectivity index (χ1) is 17.1. The average molecular weight is 485 g/mol. The fraction of sp³-hybridized carbons (Fsp3) is 0.517. The van der Waals surface area contributed by atoms with Gasteiger partial charge in [0.2, 0.25) is 6.29 Å². The van der Waals surface area contributed by atoms with Crippen molar-refractivity contribution in [2.45, 2.75) is 97.7 Å². The minimum Gasteiger partial charge on any atom is -0.290 e. The molecule has 0 saturated heterocycles. The Hall–Kier alpha value is -2.70. The fourth-order valence-corrected chi connectivity index (χ4v) is 3.69. The van der Waals surface area contributed by atoms with E-state index in [1.807, 2.05) is 24.3 Å². The molecule has 0 amide bonds. The van der Waals surface area contributed by atoms with Gasteiger partial charge >= 0.3 is 11.9 Å². The Morgan fingerprint density at radius 1 is 0.600 bits per heavy atom. The number of hydrogen-bond acceptors (Lipinski definition) is 6. The Balaban J connectivity index is 1.89. The molecule has 0 heterocycles. The van der Waals surface area contributed by atoms with E-state index in [-0.39, 0.29) is 0 Å². The van der Waals surface area contributed by atoms with Crippen LogP contribution in [0.1, 0.15) is 110 Å². The highest BCUT2D eigenvalue weighted by Crippen LogP contribution is 2.15. The molecule has 0 bridgehead atoms. The Labute approximate surface area is 209 Å². The van der Waals surface area contributed by atoms with Crippen molar-refractivity contribution in [3.05, 3.63) is 70.8 Å². The first-order valence-corrected chi connectivity index (χ1v) is 13.0. The van der Waals surface area contributed by atoms with Crippen LogP contribution in [0.2, 0.25) is 0 Å². The maximum atomic E-state index is 12.4. The van der Waals surface area contributed by atoms with Gasteiger partial charge in [-0.1, -0.05) is 90.0 Å². The summed E-state index contributed by atoms with van der Waals surface area (Å²) in [4.78, 5) is 45.3. The lowest BCUT2D eigenvalue weighted by atomic mass is 10.1. The maximum Gasteiger partial charge on any atom is 0.373 e. The minimum absolute atomic E-state index is 0.382. The minimum atomic E-state index is -1.01. The summed E-state index contributed by atoms with van der Waals surface area (Å²) >= 11 is 0. The highest BCUT2D eigenvalue weighted by Gasteiger charge is 2.19. The van der Waals surface area contributed by atoms with Gasteiger partial charge < -0.3 is 0 Å². The number of aryl methyl sites for hydroxylation is 2. The molecule has 35 heavy (non-hydrogen) atoms. The second kappa shape index (κ2) is 16.8. The van der Waals surface area contributed by atoms with Gasteiger partial charge in [-0.3, -0.25) is 9.78 Å². The summed E-state index contributed by atoms with van der Waals surface area (Å²) in [5.41, 5.74) is 3.08. The van der Waals surface area contributed by atoms with Gasteiger partial charge in [0.05, 0.1) is 11.1 Å². The Bertz CT molecular complexity index is 794. The van der Waals surface area contributed by atoms with E-state index in [0.29, 0.717) is 17.5 Å². The van der Waals surface area contributed by atoms with Crippen molar-refractivity contribution in [2.75, 3.05) is 0 Å². The van der Waals surface area contributed by atoms with Crippen molar-refractivity contribution in [3.63, 3.8) is 0 Å². The number of unbranched alkanes of at least 4 members (excludes halogenated alkanes) is 5. The first kappa shape index (κ1) is 28.5. The van der Waals surface area contributed by atoms with Gasteiger partial charge in [0, 0.05) is 6.42 Å². The average Bonchev–Trinajstić information content (AvgIpc) is 2.88. The summed E-state index contributed by atoms with van der Waals surface area (Å²) in [6, 6.07) is 14.4. The smallest absolute Gasteiger partial charge is 0.290 e. The number of carbonyl (C=O) groups excluding carboxylic acids is 2. The zero-order valence-corrected chi connectivity index (χ0v) is 21.4. The monoisotopic (exact) mass is 484 g/mol. The van der Waals surface area contributed by atoms with E-state index in [1.54, 1.807) is 24.3 Å². The van der Waals surface area contributed by atoms with Gasteiger partial charge in [-0.2, -0.15) is 0 Å². The molecule has 0 fully saturated rings. The lowest BCUT2D eigenvalue weighted by Gasteiger charge is -2.15. The van der Waals surface area contributed by atoms with Gasteiger partial charge in [-0.15, -0.1) is 9.78 Å². The number of carbonyl (C=O) groups is 2. The summed E-state index contributed by atoms with van der Waals surface area (Å²) in [6.45, 7) is 6.39. The molecule has 0 saturated carbocycles. The van der Waals surface area contributed by atoms with Crippen LogP contribution < -0.4 is 0 Å². The van der Waals surface area contributed by atoms with Crippen molar-refractivity contribution in [3.8, 4) is 0 Å². The van der Waals surface area contributed by atoms with Gasteiger partial charge in [0.1, 0.15) is 0 Å². The summed E-state index contributed by atoms with van der Waals surface area (Å²) < 4.78 is 0. The van der Waals surface area contributed by atoms with Crippen molar-refractivity contribution in [1.82, 2.24) is 0 Å². The van der Waals surface area contributed by atoms with Crippen LogP contribution in [0.4, 0.5) is 0 Å². The quantitative estimate of drug-likeness (QED) is 0.0999. The molecule has 6 nitrogen and oxygen atoms in total. The molecule has 0 aromatic heterocycles. The largest absolute Gasteiger partial charge is 0.373 e. The zero-order valence-electron chi connectivity index (χ0n) is 21.4. The molecule has 0 unspecified atom stereocenters. The summed E-state index contributed by atoms with van der Waals surface area (Å²) in [5, 5.41) is 0. The predicted molar refractivity (Wildman–Crippen MR) is 136 cm³/mol. The van der Waals surface area contributed by atoms with E-state index < -0.39 is 18.2 Å². The fourth-order valence-electron chi connectivity index (χ4n) is 3.69. The van der Waals surface area contributed by atoms with E-state index in [2.05, 4.69) is 20.8 Å². The maximum absolute atomic E-state index is 12.4. The topological polar surface area (TPSA) is 71.1 Å². The number of rotatable bonds is 17. The lowest BCUT2D eigenvalue weighted by molar-refractivity contribution is -0.421. The van der Waals surface area contributed by atoms with Crippen LogP contribution in [0.5, 0.6) is 0 Å². The number of hydrogen-bond donors (Lipinski definition) is 0. The van der Waals surface area contributed by atoms with Gasteiger partial charge in [0.15, 0.2) is 0 Å². The molecule has 0 aliphatic carbocycles. The summed E-state index contributed by atoms with van der Waals surface area (Å²) in [6.07, 6.45) is 9.84. The molecule has 0 aliphatic rings. The van der Waals surface area contributed by atoms with Crippen molar-refractivity contribution < 1.29 is 29.1 Å². The lowest BCUT2D eigenvalue weighted by Crippen LogP contribution is -2.22. The van der Waals surface area contributed by atoms with Crippen molar-refractivity contribution in [2.24, 2.45) is 0 Å². The van der Waals surface area contributed by atoms with Crippen LogP contribution in [0, 0.1) is 0 Å².